The third-order valence-corrected chi connectivity index (χ3v) is 4.87. The molecule has 0 aliphatic carbocycles. The van der Waals surface area contributed by atoms with E-state index >= 15 is 0 Å². The first-order valence-corrected chi connectivity index (χ1v) is 8.74. The fraction of sp³-hybridized carbons (Fsp3) is 0.0417. The Kier molecular flexibility index (Phi) is 3.36. The molecule has 0 N–H and O–H groups in total. The average molecular weight is 335 g/mol. The van der Waals surface area contributed by atoms with Gasteiger partial charge < -0.3 is 4.42 Å². The van der Waals surface area contributed by atoms with Crippen LogP contribution in [-0.4, -0.2) is 4.98 Å². The highest BCUT2D eigenvalue weighted by atomic mass is 16.3. The smallest absolute Gasteiger partial charge is 0.144 e. The fourth-order valence-corrected chi connectivity index (χ4v) is 3.62. The van der Waals surface area contributed by atoms with Crippen LogP contribution in [0.25, 0.3) is 44.3 Å². The lowest BCUT2D eigenvalue weighted by atomic mass is 10.0. The van der Waals surface area contributed by atoms with Gasteiger partial charge in [-0.15, -0.1) is 0 Å². The number of fused-ring (bicyclic) bond motifs is 3. The summed E-state index contributed by atoms with van der Waals surface area (Å²) in [5.74, 6) is 0. The Morgan fingerprint density at radius 2 is 1.35 bits per heavy atom. The molecule has 26 heavy (non-hydrogen) atoms. The van der Waals surface area contributed by atoms with E-state index in [2.05, 4.69) is 78.6 Å². The van der Waals surface area contributed by atoms with Gasteiger partial charge in [0.15, 0.2) is 0 Å². The van der Waals surface area contributed by atoms with Gasteiger partial charge in [-0.1, -0.05) is 66.7 Å². The number of para-hydroxylation sites is 2. The first kappa shape index (κ1) is 14.9. The normalized spacial score (nSPS) is 11.3. The minimum absolute atomic E-state index is 0.896. The van der Waals surface area contributed by atoms with Crippen LogP contribution in [0.5, 0.6) is 0 Å². The molecule has 2 nitrogen and oxygen atoms in total. The second-order valence-corrected chi connectivity index (χ2v) is 6.50. The van der Waals surface area contributed by atoms with Crippen LogP contribution in [0.15, 0.2) is 89.5 Å². The maximum atomic E-state index is 6.44. The highest BCUT2D eigenvalue weighted by Gasteiger charge is 2.16. The molecule has 0 atom stereocenters. The van der Waals surface area contributed by atoms with Crippen molar-refractivity contribution in [3.05, 3.63) is 90.6 Å². The van der Waals surface area contributed by atoms with Gasteiger partial charge in [0.25, 0.3) is 0 Å². The zero-order chi connectivity index (χ0) is 17.5. The fourth-order valence-electron chi connectivity index (χ4n) is 3.62. The molecule has 2 aromatic heterocycles. The van der Waals surface area contributed by atoms with Crippen molar-refractivity contribution < 1.29 is 4.42 Å². The van der Waals surface area contributed by atoms with Crippen LogP contribution in [0.3, 0.4) is 0 Å². The topological polar surface area (TPSA) is 26.0 Å². The molecule has 3 aromatic carbocycles. The third-order valence-electron chi connectivity index (χ3n) is 4.87. The molecular weight excluding hydrogens is 318 g/mol. The summed E-state index contributed by atoms with van der Waals surface area (Å²) in [6.07, 6.45) is 1.83. The molecule has 0 aliphatic rings. The second kappa shape index (κ2) is 5.85. The lowest BCUT2D eigenvalue weighted by Crippen LogP contribution is -1.87. The molecule has 2 heteroatoms. The highest BCUT2D eigenvalue weighted by Crippen LogP contribution is 2.39. The van der Waals surface area contributed by atoms with E-state index in [1.165, 1.54) is 0 Å². The minimum atomic E-state index is 0.896. The molecule has 124 valence electrons. The lowest BCUT2D eigenvalue weighted by molar-refractivity contribution is 0.671. The van der Waals surface area contributed by atoms with E-state index in [0.717, 1.165) is 49.9 Å². The molecule has 5 rings (SSSR count). The van der Waals surface area contributed by atoms with Crippen molar-refractivity contribution in [2.45, 2.75) is 6.92 Å². The number of pyridine rings is 1. The Morgan fingerprint density at radius 1 is 0.654 bits per heavy atom. The molecular formula is C24H17NO. The largest absolute Gasteiger partial charge is 0.455 e. The predicted molar refractivity (Wildman–Crippen MR) is 107 cm³/mol. The Balaban J connectivity index is 1.86. The van der Waals surface area contributed by atoms with E-state index in [4.69, 9.17) is 4.42 Å². The first-order valence-electron chi connectivity index (χ1n) is 8.74. The number of nitrogens with zero attached hydrogens (tertiary/aromatic N) is 1. The van der Waals surface area contributed by atoms with Gasteiger partial charge in [-0.25, -0.2) is 0 Å². The van der Waals surface area contributed by atoms with Crippen LogP contribution in [0.2, 0.25) is 0 Å². The number of rotatable bonds is 2. The quantitative estimate of drug-likeness (QED) is 0.362. The third kappa shape index (κ3) is 2.23. The van der Waals surface area contributed by atoms with Crippen LogP contribution in [0.4, 0.5) is 0 Å². The van der Waals surface area contributed by atoms with E-state index in [1.807, 2.05) is 18.3 Å². The number of hydrogen-bond donors (Lipinski definition) is 0. The van der Waals surface area contributed by atoms with Crippen LogP contribution in [0.1, 0.15) is 5.56 Å². The molecule has 0 unspecified atom stereocenters. The van der Waals surface area contributed by atoms with Crippen LogP contribution in [-0.2, 0) is 0 Å². The van der Waals surface area contributed by atoms with Crippen molar-refractivity contribution in [1.82, 2.24) is 4.98 Å². The number of furan rings is 1. The van der Waals surface area contributed by atoms with Crippen molar-refractivity contribution in [2.24, 2.45) is 0 Å². The molecule has 0 amide bonds. The molecule has 0 bridgehead atoms. The maximum absolute atomic E-state index is 6.44. The van der Waals surface area contributed by atoms with Gasteiger partial charge in [0, 0.05) is 28.1 Å². The van der Waals surface area contributed by atoms with E-state index in [9.17, 15) is 0 Å². The molecule has 0 spiro atoms. The number of benzene rings is 3. The first-order chi connectivity index (χ1) is 12.8. The SMILES string of the molecule is Cc1cccnc1-c1cccc2c1oc1c(-c3ccccc3)cccc12. The van der Waals surface area contributed by atoms with Crippen LogP contribution in [0, 0.1) is 6.92 Å². The van der Waals surface area contributed by atoms with Crippen molar-refractivity contribution in [3.8, 4) is 22.4 Å². The van der Waals surface area contributed by atoms with Gasteiger partial charge in [0.05, 0.1) is 5.69 Å². The summed E-state index contributed by atoms with van der Waals surface area (Å²) >= 11 is 0. The molecule has 0 saturated carbocycles. The standard InChI is InChI=1S/C24H17NO/c1-16-8-7-15-25-22(16)21-14-6-13-20-19-12-5-11-18(23(19)26-24(20)21)17-9-3-2-4-10-17/h2-15H,1H3. The predicted octanol–water partition coefficient (Wildman–Crippen LogP) is 6.62. The Morgan fingerprint density at radius 3 is 2.08 bits per heavy atom. The summed E-state index contributed by atoms with van der Waals surface area (Å²) < 4.78 is 6.44. The number of hydrogen-bond acceptors (Lipinski definition) is 2. The van der Waals surface area contributed by atoms with Gasteiger partial charge >= 0.3 is 0 Å². The average Bonchev–Trinajstić information content (AvgIpc) is 3.08. The van der Waals surface area contributed by atoms with Gasteiger partial charge in [-0.3, -0.25) is 4.98 Å². The van der Waals surface area contributed by atoms with Gasteiger partial charge in [0.2, 0.25) is 0 Å². The molecule has 0 saturated heterocycles. The molecule has 2 heterocycles. The lowest BCUT2D eigenvalue weighted by Gasteiger charge is -2.04. The summed E-state index contributed by atoms with van der Waals surface area (Å²) in [6, 6.07) is 27.0. The number of aryl methyl sites for hydroxylation is 1. The van der Waals surface area contributed by atoms with Crippen molar-refractivity contribution in [3.63, 3.8) is 0 Å². The van der Waals surface area contributed by atoms with E-state index in [-0.39, 0.29) is 0 Å². The maximum Gasteiger partial charge on any atom is 0.144 e. The number of aromatic nitrogens is 1. The molecule has 0 radical (unpaired) electrons. The van der Waals surface area contributed by atoms with E-state index in [0.29, 0.717) is 0 Å². The van der Waals surface area contributed by atoms with Crippen LogP contribution < -0.4 is 0 Å². The minimum Gasteiger partial charge on any atom is -0.455 e. The van der Waals surface area contributed by atoms with E-state index in [1.54, 1.807) is 0 Å². The highest BCUT2D eigenvalue weighted by molar-refractivity contribution is 6.12. The molecule has 5 aromatic rings. The Labute approximate surface area is 151 Å². The second-order valence-electron chi connectivity index (χ2n) is 6.50. The van der Waals surface area contributed by atoms with Gasteiger partial charge in [0.1, 0.15) is 11.2 Å². The zero-order valence-corrected chi connectivity index (χ0v) is 14.4. The summed E-state index contributed by atoms with van der Waals surface area (Å²) in [5.41, 5.74) is 7.25. The van der Waals surface area contributed by atoms with Gasteiger partial charge in [-0.2, -0.15) is 0 Å². The molecule has 0 fully saturated rings. The summed E-state index contributed by atoms with van der Waals surface area (Å²) in [6.45, 7) is 2.08. The molecule has 0 aliphatic heterocycles. The van der Waals surface area contributed by atoms with Crippen molar-refractivity contribution in [1.29, 1.82) is 0 Å². The zero-order valence-electron chi connectivity index (χ0n) is 14.4. The summed E-state index contributed by atoms with van der Waals surface area (Å²) in [4.78, 5) is 4.59. The van der Waals surface area contributed by atoms with E-state index < -0.39 is 0 Å². The van der Waals surface area contributed by atoms with Gasteiger partial charge in [-0.05, 0) is 30.2 Å². The summed E-state index contributed by atoms with van der Waals surface area (Å²) in [5, 5.41) is 2.26. The van der Waals surface area contributed by atoms with Crippen molar-refractivity contribution >= 4 is 21.9 Å². The Hall–Kier alpha value is -3.39. The summed E-state index contributed by atoms with van der Waals surface area (Å²) in [7, 11) is 0. The van der Waals surface area contributed by atoms with Crippen LogP contribution >= 0.6 is 0 Å². The van der Waals surface area contributed by atoms with Crippen molar-refractivity contribution in [2.75, 3.05) is 0 Å². The monoisotopic (exact) mass is 335 g/mol. The Bertz CT molecular complexity index is 1240.